The number of nitrogens with one attached hydrogen (secondary N) is 1. The molecule has 0 aliphatic heterocycles. The summed E-state index contributed by atoms with van der Waals surface area (Å²) in [5.74, 6) is 0.715. The van der Waals surface area contributed by atoms with Gasteiger partial charge in [0.15, 0.2) is 0 Å². The predicted octanol–water partition coefficient (Wildman–Crippen LogP) is 4.04. The summed E-state index contributed by atoms with van der Waals surface area (Å²) in [5.41, 5.74) is 2.46. The van der Waals surface area contributed by atoms with Crippen molar-refractivity contribution < 1.29 is 9.13 Å². The van der Waals surface area contributed by atoms with Gasteiger partial charge in [-0.25, -0.2) is 4.39 Å². The van der Waals surface area contributed by atoms with Gasteiger partial charge < -0.3 is 10.1 Å². The maximum absolute atomic E-state index is 14.4. The van der Waals surface area contributed by atoms with Crippen molar-refractivity contribution in [3.8, 4) is 5.75 Å². The molecule has 0 aromatic heterocycles. The molecular weight excluding hydrogens is 265 g/mol. The van der Waals surface area contributed by atoms with Crippen molar-refractivity contribution in [3.63, 3.8) is 0 Å². The first-order valence-electron chi connectivity index (χ1n) is 7.27. The molecular formula is C18H22FNO. The van der Waals surface area contributed by atoms with Crippen molar-refractivity contribution in [2.45, 2.75) is 26.3 Å². The molecule has 0 bridgehead atoms. The number of para-hydroxylation sites is 1. The summed E-state index contributed by atoms with van der Waals surface area (Å²) in [6.45, 7) is 4.61. The molecule has 2 nitrogen and oxygen atoms in total. The third-order valence-corrected chi connectivity index (χ3v) is 3.66. The van der Waals surface area contributed by atoms with Crippen molar-refractivity contribution in [1.29, 1.82) is 0 Å². The third-order valence-electron chi connectivity index (χ3n) is 3.66. The molecule has 2 aromatic carbocycles. The van der Waals surface area contributed by atoms with Crippen LogP contribution >= 0.6 is 0 Å². The molecule has 1 atom stereocenters. The summed E-state index contributed by atoms with van der Waals surface area (Å²) in [6.07, 6.45) is 0.693. The lowest BCUT2D eigenvalue weighted by Crippen LogP contribution is -2.24. The topological polar surface area (TPSA) is 21.3 Å². The Morgan fingerprint density at radius 2 is 1.90 bits per heavy atom. The Morgan fingerprint density at radius 1 is 1.14 bits per heavy atom. The highest BCUT2D eigenvalue weighted by Crippen LogP contribution is 2.27. The van der Waals surface area contributed by atoms with Crippen molar-refractivity contribution >= 4 is 0 Å². The fourth-order valence-corrected chi connectivity index (χ4v) is 2.57. The second-order valence-electron chi connectivity index (χ2n) is 5.10. The summed E-state index contributed by atoms with van der Waals surface area (Å²) in [7, 11) is 1.66. The van der Waals surface area contributed by atoms with Gasteiger partial charge in [0, 0.05) is 11.6 Å². The van der Waals surface area contributed by atoms with Crippen LogP contribution in [0.1, 0.15) is 29.7 Å². The van der Waals surface area contributed by atoms with E-state index >= 15 is 0 Å². The normalized spacial score (nSPS) is 12.2. The molecule has 0 radical (unpaired) electrons. The quantitative estimate of drug-likeness (QED) is 0.866. The Kier molecular flexibility index (Phi) is 5.34. The summed E-state index contributed by atoms with van der Waals surface area (Å²) >= 11 is 0. The van der Waals surface area contributed by atoms with Crippen LogP contribution in [0.15, 0.2) is 42.5 Å². The van der Waals surface area contributed by atoms with Gasteiger partial charge in [-0.15, -0.1) is 0 Å². The lowest BCUT2D eigenvalue weighted by atomic mass is 9.96. The SMILES string of the molecule is CCNC(Cc1ccccc1OC)c1cccc(C)c1F. The first-order chi connectivity index (χ1) is 10.2. The standard InChI is InChI=1S/C18H22FNO/c1-4-20-16(15-10-7-8-13(2)18(15)19)12-14-9-5-6-11-17(14)21-3/h5-11,16,20H,4,12H2,1-3H3. The molecule has 0 spiro atoms. The van der Waals surface area contributed by atoms with Crippen LogP contribution in [0.2, 0.25) is 0 Å². The first kappa shape index (κ1) is 15.5. The van der Waals surface area contributed by atoms with E-state index in [4.69, 9.17) is 4.74 Å². The van der Waals surface area contributed by atoms with Gasteiger partial charge in [0.25, 0.3) is 0 Å². The zero-order chi connectivity index (χ0) is 15.2. The monoisotopic (exact) mass is 287 g/mol. The summed E-state index contributed by atoms with van der Waals surface area (Å²) < 4.78 is 19.8. The predicted molar refractivity (Wildman–Crippen MR) is 84.3 cm³/mol. The molecule has 2 rings (SSSR count). The van der Waals surface area contributed by atoms with Gasteiger partial charge in [-0.3, -0.25) is 0 Å². The van der Waals surface area contributed by atoms with Gasteiger partial charge in [-0.2, -0.15) is 0 Å². The van der Waals surface area contributed by atoms with Crippen LogP contribution < -0.4 is 10.1 Å². The van der Waals surface area contributed by atoms with Crippen molar-refractivity contribution in [2.24, 2.45) is 0 Å². The number of hydrogen-bond acceptors (Lipinski definition) is 2. The van der Waals surface area contributed by atoms with Crippen LogP contribution in [-0.4, -0.2) is 13.7 Å². The van der Waals surface area contributed by atoms with E-state index in [-0.39, 0.29) is 11.9 Å². The van der Waals surface area contributed by atoms with Gasteiger partial charge in [0.05, 0.1) is 7.11 Å². The highest BCUT2D eigenvalue weighted by Gasteiger charge is 2.18. The van der Waals surface area contributed by atoms with Gasteiger partial charge in [0.1, 0.15) is 11.6 Å². The van der Waals surface area contributed by atoms with E-state index < -0.39 is 0 Å². The Morgan fingerprint density at radius 3 is 2.62 bits per heavy atom. The van der Waals surface area contributed by atoms with Crippen LogP contribution in [0.5, 0.6) is 5.75 Å². The molecule has 1 unspecified atom stereocenters. The van der Waals surface area contributed by atoms with Crippen molar-refractivity contribution in [1.82, 2.24) is 5.32 Å². The third kappa shape index (κ3) is 3.61. The Labute approximate surface area is 126 Å². The molecule has 0 saturated heterocycles. The number of ether oxygens (including phenoxy) is 1. The number of likely N-dealkylation sites (N-methyl/N-ethyl adjacent to an activating group) is 1. The Bertz CT molecular complexity index is 598. The molecule has 21 heavy (non-hydrogen) atoms. The molecule has 0 amide bonds. The fourth-order valence-electron chi connectivity index (χ4n) is 2.57. The minimum atomic E-state index is -0.127. The van der Waals surface area contributed by atoms with E-state index in [1.54, 1.807) is 20.1 Å². The van der Waals surface area contributed by atoms with Crippen LogP contribution in [0.25, 0.3) is 0 Å². The van der Waals surface area contributed by atoms with Gasteiger partial charge in [-0.1, -0.05) is 43.3 Å². The maximum atomic E-state index is 14.4. The zero-order valence-corrected chi connectivity index (χ0v) is 12.8. The minimum absolute atomic E-state index is 0.0637. The Balaban J connectivity index is 2.33. The number of methoxy groups -OCH3 is 1. The molecule has 0 aliphatic carbocycles. The van der Waals surface area contributed by atoms with Gasteiger partial charge >= 0.3 is 0 Å². The van der Waals surface area contributed by atoms with E-state index in [0.29, 0.717) is 17.5 Å². The van der Waals surface area contributed by atoms with E-state index in [0.717, 1.165) is 17.9 Å². The maximum Gasteiger partial charge on any atom is 0.130 e. The molecule has 1 N–H and O–H groups in total. The largest absolute Gasteiger partial charge is 0.496 e. The summed E-state index contributed by atoms with van der Waals surface area (Å²) in [5, 5.41) is 3.37. The van der Waals surface area contributed by atoms with Crippen LogP contribution in [0.4, 0.5) is 4.39 Å². The van der Waals surface area contributed by atoms with E-state index in [1.807, 2.05) is 43.3 Å². The van der Waals surface area contributed by atoms with Crippen LogP contribution in [-0.2, 0) is 6.42 Å². The molecule has 2 aromatic rings. The second kappa shape index (κ2) is 7.23. The molecule has 0 fully saturated rings. The lowest BCUT2D eigenvalue weighted by Gasteiger charge is -2.21. The van der Waals surface area contributed by atoms with Crippen LogP contribution in [0.3, 0.4) is 0 Å². The summed E-state index contributed by atoms with van der Waals surface area (Å²) in [6, 6.07) is 13.4. The molecule has 3 heteroatoms. The molecule has 0 saturated carbocycles. The number of hydrogen-bond donors (Lipinski definition) is 1. The zero-order valence-electron chi connectivity index (χ0n) is 12.8. The average molecular weight is 287 g/mol. The molecule has 0 heterocycles. The average Bonchev–Trinajstić information content (AvgIpc) is 2.50. The number of benzene rings is 2. The van der Waals surface area contributed by atoms with Crippen molar-refractivity contribution in [2.75, 3.05) is 13.7 Å². The van der Waals surface area contributed by atoms with Gasteiger partial charge in [-0.05, 0) is 37.1 Å². The highest BCUT2D eigenvalue weighted by atomic mass is 19.1. The number of aryl methyl sites for hydroxylation is 1. The fraction of sp³-hybridized carbons (Fsp3) is 0.333. The smallest absolute Gasteiger partial charge is 0.130 e. The minimum Gasteiger partial charge on any atom is -0.496 e. The van der Waals surface area contributed by atoms with E-state index in [2.05, 4.69) is 5.32 Å². The lowest BCUT2D eigenvalue weighted by molar-refractivity contribution is 0.404. The second-order valence-corrected chi connectivity index (χ2v) is 5.10. The van der Waals surface area contributed by atoms with Gasteiger partial charge in [0.2, 0.25) is 0 Å². The van der Waals surface area contributed by atoms with E-state index in [9.17, 15) is 4.39 Å². The first-order valence-corrected chi connectivity index (χ1v) is 7.27. The summed E-state index contributed by atoms with van der Waals surface area (Å²) in [4.78, 5) is 0. The van der Waals surface area contributed by atoms with Crippen LogP contribution in [0, 0.1) is 12.7 Å². The van der Waals surface area contributed by atoms with E-state index in [1.165, 1.54) is 0 Å². The Hall–Kier alpha value is -1.87. The molecule has 0 aliphatic rings. The highest BCUT2D eigenvalue weighted by molar-refractivity contribution is 5.36. The van der Waals surface area contributed by atoms with Crippen molar-refractivity contribution in [3.05, 3.63) is 65.0 Å². The molecule has 112 valence electrons. The number of halogens is 1. The number of rotatable bonds is 6.